The number of rotatable bonds is 13. The first-order chi connectivity index (χ1) is 14.1. The summed E-state index contributed by atoms with van der Waals surface area (Å²) in [6.07, 6.45) is 4.16. The van der Waals surface area contributed by atoms with Crippen molar-refractivity contribution >= 4 is 5.91 Å². The molecule has 0 aliphatic carbocycles. The minimum Gasteiger partial charge on any atom is -0.497 e. The van der Waals surface area contributed by atoms with Crippen molar-refractivity contribution in [1.29, 1.82) is 0 Å². The molecule has 1 amide bonds. The number of carbonyl (C=O) groups excluding carboxylic acids is 1. The van der Waals surface area contributed by atoms with Crippen LogP contribution < -0.4 is 4.74 Å². The van der Waals surface area contributed by atoms with Crippen LogP contribution in [0.25, 0.3) is 0 Å². The predicted molar refractivity (Wildman–Crippen MR) is 115 cm³/mol. The third kappa shape index (κ3) is 8.72. The van der Waals surface area contributed by atoms with Gasteiger partial charge in [0.15, 0.2) is 0 Å². The van der Waals surface area contributed by atoms with Crippen molar-refractivity contribution in [2.75, 3.05) is 53.0 Å². The quantitative estimate of drug-likeness (QED) is 0.470. The van der Waals surface area contributed by atoms with Crippen molar-refractivity contribution in [1.82, 2.24) is 9.80 Å². The number of carbonyl (C=O) groups is 1. The van der Waals surface area contributed by atoms with Crippen LogP contribution in [0, 0.1) is 0 Å². The Balaban J connectivity index is 1.86. The van der Waals surface area contributed by atoms with Crippen LogP contribution in [0.3, 0.4) is 0 Å². The molecular weight excluding hydrogens is 368 g/mol. The lowest BCUT2D eigenvalue weighted by molar-refractivity contribution is -0.143. The standard InChI is InChI=1S/C23H38N2O4/c1-4-5-6-7-11-25(13-12-24-14-16-28-17-15-24)23(26)20(2)29-19-21-9-8-10-22(18-21)27-3/h8-10,18,20H,4-7,11-17,19H2,1-3H3. The lowest BCUT2D eigenvalue weighted by Crippen LogP contribution is -2.46. The third-order valence-electron chi connectivity index (χ3n) is 5.37. The molecule has 2 rings (SSSR count). The lowest BCUT2D eigenvalue weighted by atomic mass is 10.2. The van der Waals surface area contributed by atoms with Gasteiger partial charge in [-0.1, -0.05) is 38.3 Å². The number of methoxy groups -OCH3 is 1. The maximum absolute atomic E-state index is 13.1. The van der Waals surface area contributed by atoms with E-state index in [-0.39, 0.29) is 5.91 Å². The maximum Gasteiger partial charge on any atom is 0.251 e. The van der Waals surface area contributed by atoms with Crippen molar-refractivity contribution in [3.8, 4) is 5.75 Å². The van der Waals surface area contributed by atoms with E-state index in [9.17, 15) is 4.79 Å². The van der Waals surface area contributed by atoms with Crippen LogP contribution in [0.15, 0.2) is 24.3 Å². The van der Waals surface area contributed by atoms with Gasteiger partial charge in [-0.3, -0.25) is 9.69 Å². The topological polar surface area (TPSA) is 51.2 Å². The summed E-state index contributed by atoms with van der Waals surface area (Å²) < 4.78 is 16.6. The number of nitrogens with zero attached hydrogens (tertiary/aromatic N) is 2. The minimum atomic E-state index is -0.461. The summed E-state index contributed by atoms with van der Waals surface area (Å²) in [5, 5.41) is 0. The summed E-state index contributed by atoms with van der Waals surface area (Å²) in [5.74, 6) is 0.880. The molecule has 1 unspecified atom stereocenters. The highest BCUT2D eigenvalue weighted by molar-refractivity contribution is 5.80. The van der Waals surface area contributed by atoms with Crippen molar-refractivity contribution in [2.45, 2.75) is 52.2 Å². The zero-order chi connectivity index (χ0) is 20.9. The molecule has 1 heterocycles. The van der Waals surface area contributed by atoms with Crippen LogP contribution in [0.5, 0.6) is 5.75 Å². The fraction of sp³-hybridized carbons (Fsp3) is 0.696. The molecule has 1 aromatic rings. The number of morpholine rings is 1. The Bertz CT molecular complexity index is 590. The molecule has 1 saturated heterocycles. The largest absolute Gasteiger partial charge is 0.497 e. The van der Waals surface area contributed by atoms with Crippen LogP contribution in [0.2, 0.25) is 0 Å². The summed E-state index contributed by atoms with van der Waals surface area (Å²) >= 11 is 0. The Morgan fingerprint density at radius 2 is 2.00 bits per heavy atom. The first kappa shape index (κ1) is 23.6. The smallest absolute Gasteiger partial charge is 0.251 e. The molecule has 0 N–H and O–H groups in total. The van der Waals surface area contributed by atoms with Crippen molar-refractivity contribution in [3.63, 3.8) is 0 Å². The van der Waals surface area contributed by atoms with E-state index in [1.165, 1.54) is 12.8 Å². The highest BCUT2D eigenvalue weighted by Crippen LogP contribution is 2.14. The number of unbranched alkanes of at least 4 members (excludes halogenated alkanes) is 3. The van der Waals surface area contributed by atoms with Gasteiger partial charge >= 0.3 is 0 Å². The molecule has 164 valence electrons. The number of hydrogen-bond donors (Lipinski definition) is 0. The molecule has 1 fully saturated rings. The van der Waals surface area contributed by atoms with Gasteiger partial charge in [0, 0.05) is 32.7 Å². The Kier molecular flexibility index (Phi) is 11.1. The summed E-state index contributed by atoms with van der Waals surface area (Å²) in [6.45, 7) is 10.4. The Labute approximate surface area is 176 Å². The molecule has 0 spiro atoms. The van der Waals surface area contributed by atoms with E-state index in [4.69, 9.17) is 14.2 Å². The van der Waals surface area contributed by atoms with Gasteiger partial charge in [0.05, 0.1) is 26.9 Å². The van der Waals surface area contributed by atoms with Crippen LogP contribution in [-0.2, 0) is 20.9 Å². The molecule has 0 radical (unpaired) electrons. The van der Waals surface area contributed by atoms with Crippen LogP contribution in [0.1, 0.15) is 45.1 Å². The normalized spacial score (nSPS) is 15.8. The molecule has 1 aliphatic heterocycles. The second kappa shape index (κ2) is 13.6. The second-order valence-electron chi connectivity index (χ2n) is 7.64. The molecule has 6 nitrogen and oxygen atoms in total. The van der Waals surface area contributed by atoms with Crippen molar-refractivity contribution in [2.24, 2.45) is 0 Å². The lowest BCUT2D eigenvalue weighted by Gasteiger charge is -2.31. The van der Waals surface area contributed by atoms with Crippen LogP contribution >= 0.6 is 0 Å². The van der Waals surface area contributed by atoms with E-state index >= 15 is 0 Å². The average Bonchev–Trinajstić information content (AvgIpc) is 2.77. The molecule has 0 aromatic heterocycles. The monoisotopic (exact) mass is 406 g/mol. The van der Waals surface area contributed by atoms with Crippen LogP contribution in [-0.4, -0.2) is 74.9 Å². The Morgan fingerprint density at radius 1 is 1.21 bits per heavy atom. The summed E-state index contributed by atoms with van der Waals surface area (Å²) in [7, 11) is 1.65. The van der Waals surface area contributed by atoms with Gasteiger partial charge in [-0.25, -0.2) is 0 Å². The SMILES string of the molecule is CCCCCCN(CCN1CCOCC1)C(=O)C(C)OCc1cccc(OC)c1. The number of amides is 1. The maximum atomic E-state index is 13.1. The molecule has 1 aromatic carbocycles. The first-order valence-corrected chi connectivity index (χ1v) is 11.0. The van der Waals surface area contributed by atoms with Gasteiger partial charge in [-0.2, -0.15) is 0 Å². The van der Waals surface area contributed by atoms with E-state index < -0.39 is 6.10 Å². The zero-order valence-electron chi connectivity index (χ0n) is 18.4. The zero-order valence-corrected chi connectivity index (χ0v) is 18.4. The highest BCUT2D eigenvalue weighted by atomic mass is 16.5. The molecule has 1 atom stereocenters. The highest BCUT2D eigenvalue weighted by Gasteiger charge is 2.22. The van der Waals surface area contributed by atoms with Gasteiger partial charge < -0.3 is 19.1 Å². The predicted octanol–water partition coefficient (Wildman–Crippen LogP) is 3.34. The number of hydrogen-bond acceptors (Lipinski definition) is 5. The third-order valence-corrected chi connectivity index (χ3v) is 5.37. The van der Waals surface area contributed by atoms with Gasteiger partial charge in [0.2, 0.25) is 0 Å². The molecule has 6 heteroatoms. The Hall–Kier alpha value is -1.63. The second-order valence-corrected chi connectivity index (χ2v) is 7.64. The molecule has 0 saturated carbocycles. The van der Waals surface area contributed by atoms with E-state index in [2.05, 4.69) is 11.8 Å². The fourth-order valence-corrected chi connectivity index (χ4v) is 3.46. The van der Waals surface area contributed by atoms with Crippen molar-refractivity contribution in [3.05, 3.63) is 29.8 Å². The summed E-state index contributed by atoms with van der Waals surface area (Å²) in [4.78, 5) is 17.4. The molecule has 0 bridgehead atoms. The number of benzene rings is 1. The minimum absolute atomic E-state index is 0.0812. The fourth-order valence-electron chi connectivity index (χ4n) is 3.46. The van der Waals surface area contributed by atoms with E-state index in [1.807, 2.05) is 36.1 Å². The van der Waals surface area contributed by atoms with Gasteiger partial charge in [-0.05, 0) is 31.0 Å². The molecular formula is C23H38N2O4. The van der Waals surface area contributed by atoms with E-state index in [0.717, 1.165) is 70.1 Å². The van der Waals surface area contributed by atoms with E-state index in [0.29, 0.717) is 6.61 Å². The summed E-state index contributed by atoms with van der Waals surface area (Å²) in [5.41, 5.74) is 1.01. The van der Waals surface area contributed by atoms with Crippen LogP contribution in [0.4, 0.5) is 0 Å². The number of ether oxygens (including phenoxy) is 3. The molecule has 29 heavy (non-hydrogen) atoms. The average molecular weight is 407 g/mol. The summed E-state index contributed by atoms with van der Waals surface area (Å²) in [6, 6.07) is 7.77. The van der Waals surface area contributed by atoms with Gasteiger partial charge in [0.1, 0.15) is 11.9 Å². The van der Waals surface area contributed by atoms with Gasteiger partial charge in [-0.15, -0.1) is 0 Å². The molecule has 1 aliphatic rings. The first-order valence-electron chi connectivity index (χ1n) is 11.0. The Morgan fingerprint density at radius 3 is 2.72 bits per heavy atom. The van der Waals surface area contributed by atoms with Gasteiger partial charge in [0.25, 0.3) is 5.91 Å². The van der Waals surface area contributed by atoms with Crippen molar-refractivity contribution < 1.29 is 19.0 Å². The van der Waals surface area contributed by atoms with E-state index in [1.54, 1.807) is 7.11 Å².